The van der Waals surface area contributed by atoms with Crippen LogP contribution in [0.2, 0.25) is 0 Å². The van der Waals surface area contributed by atoms with Gasteiger partial charge in [0, 0.05) is 0 Å². The topological polar surface area (TPSA) is 60.4 Å². The van der Waals surface area contributed by atoms with Gasteiger partial charge in [0.15, 0.2) is 0 Å². The Balaban J connectivity index is 2.28. The molecule has 0 saturated heterocycles. The van der Waals surface area contributed by atoms with Crippen LogP contribution in [0.25, 0.3) is 0 Å². The first-order valence-corrected chi connectivity index (χ1v) is 8.35. The molecule has 118 valence electrons. The van der Waals surface area contributed by atoms with Crippen LogP contribution < -0.4 is 0 Å². The molecule has 1 aliphatic carbocycles. The van der Waals surface area contributed by atoms with Crippen LogP contribution in [0.5, 0.6) is 0 Å². The van der Waals surface area contributed by atoms with E-state index in [4.69, 9.17) is 4.74 Å². The van der Waals surface area contributed by atoms with Crippen LogP contribution in [0, 0.1) is 5.92 Å². The van der Waals surface area contributed by atoms with E-state index in [1.54, 1.807) is 0 Å². The van der Waals surface area contributed by atoms with Gasteiger partial charge in [0.1, 0.15) is 0 Å². The lowest BCUT2D eigenvalue weighted by Gasteiger charge is -2.13. The van der Waals surface area contributed by atoms with Crippen LogP contribution in [0.1, 0.15) is 44.9 Å². The summed E-state index contributed by atoms with van der Waals surface area (Å²) in [4.78, 5) is 11.7. The Morgan fingerprint density at radius 2 is 1.65 bits per heavy atom. The lowest BCUT2D eigenvalue weighted by molar-refractivity contribution is -0.149. The Morgan fingerprint density at radius 3 is 2.15 bits per heavy atom. The summed E-state index contributed by atoms with van der Waals surface area (Å²) in [5.41, 5.74) is -5.24. The lowest BCUT2D eigenvalue weighted by Crippen LogP contribution is -2.27. The van der Waals surface area contributed by atoms with Crippen LogP contribution >= 0.6 is 0 Å². The molecule has 0 atom stereocenters. The second-order valence-electron chi connectivity index (χ2n) is 4.97. The average molecular weight is 316 g/mol. The van der Waals surface area contributed by atoms with Gasteiger partial charge in [-0.25, -0.2) is 8.42 Å². The zero-order valence-electron chi connectivity index (χ0n) is 11.1. The zero-order chi connectivity index (χ0) is 15.2. The van der Waals surface area contributed by atoms with Crippen molar-refractivity contribution < 1.29 is 31.1 Å². The molecule has 0 unspecified atom stereocenters. The Kier molecular flexibility index (Phi) is 6.29. The number of ether oxygens (including phenoxy) is 1. The second kappa shape index (κ2) is 7.28. The fraction of sp³-hybridized carbons (Fsp3) is 0.917. The molecule has 1 saturated carbocycles. The molecule has 0 aromatic carbocycles. The van der Waals surface area contributed by atoms with Gasteiger partial charge in [-0.2, -0.15) is 13.2 Å². The average Bonchev–Trinajstić information content (AvgIpc) is 2.61. The predicted octanol–water partition coefficient (Wildman–Crippen LogP) is 2.82. The van der Waals surface area contributed by atoms with Crippen molar-refractivity contribution in [1.29, 1.82) is 0 Å². The molecule has 1 fully saturated rings. The van der Waals surface area contributed by atoms with Crippen molar-refractivity contribution in [3.8, 4) is 0 Å². The van der Waals surface area contributed by atoms with Crippen LogP contribution in [-0.4, -0.2) is 32.3 Å². The maximum Gasteiger partial charge on any atom is 0.497 e. The van der Waals surface area contributed by atoms with E-state index in [2.05, 4.69) is 0 Å². The Bertz CT molecular complexity index is 409. The number of carbonyl (C=O) groups excluding carboxylic acids is 1. The highest BCUT2D eigenvalue weighted by molar-refractivity contribution is 7.92. The number of esters is 1. The molecule has 0 heterocycles. The van der Waals surface area contributed by atoms with E-state index in [0.717, 1.165) is 38.5 Å². The number of sulfone groups is 1. The summed E-state index contributed by atoms with van der Waals surface area (Å²) in [6, 6.07) is 0. The molecule has 8 heteroatoms. The smallest absolute Gasteiger partial charge is 0.465 e. The van der Waals surface area contributed by atoms with Crippen LogP contribution in [-0.2, 0) is 19.4 Å². The molecule has 0 amide bonds. The van der Waals surface area contributed by atoms with Gasteiger partial charge in [-0.3, -0.25) is 4.79 Å². The van der Waals surface area contributed by atoms with Crippen LogP contribution in [0.15, 0.2) is 0 Å². The summed E-state index contributed by atoms with van der Waals surface area (Å²) in [5.74, 6) is -1.66. The first kappa shape index (κ1) is 17.3. The molecule has 0 aromatic heterocycles. The fourth-order valence-electron chi connectivity index (χ4n) is 2.17. The molecule has 0 aliphatic heterocycles. The van der Waals surface area contributed by atoms with Gasteiger partial charge >= 0.3 is 11.5 Å². The highest BCUT2D eigenvalue weighted by atomic mass is 32.2. The number of rotatable bonds is 5. The Labute approximate surface area is 116 Å². The monoisotopic (exact) mass is 316 g/mol. The van der Waals surface area contributed by atoms with Crippen molar-refractivity contribution in [1.82, 2.24) is 0 Å². The van der Waals surface area contributed by atoms with Crippen LogP contribution in [0.3, 0.4) is 0 Å². The fourth-order valence-corrected chi connectivity index (χ4v) is 2.90. The minimum absolute atomic E-state index is 0.197. The number of hydrogen-bond acceptors (Lipinski definition) is 4. The van der Waals surface area contributed by atoms with Gasteiger partial charge in [-0.1, -0.05) is 25.7 Å². The number of halogens is 3. The minimum Gasteiger partial charge on any atom is -0.465 e. The highest BCUT2D eigenvalue weighted by Crippen LogP contribution is 2.25. The summed E-state index contributed by atoms with van der Waals surface area (Å²) in [6.07, 6.45) is 5.19. The molecule has 0 radical (unpaired) electrons. The Morgan fingerprint density at radius 1 is 1.10 bits per heavy atom. The van der Waals surface area contributed by atoms with Gasteiger partial charge in [-0.15, -0.1) is 0 Å². The zero-order valence-corrected chi connectivity index (χ0v) is 11.9. The maximum atomic E-state index is 12.1. The molecular formula is C12H19F3O4S. The third-order valence-corrected chi connectivity index (χ3v) is 4.87. The normalized spacial score (nSPS) is 18.6. The number of alkyl halides is 3. The second-order valence-corrected chi connectivity index (χ2v) is 7.07. The molecule has 0 bridgehead atoms. The molecule has 20 heavy (non-hydrogen) atoms. The summed E-state index contributed by atoms with van der Waals surface area (Å²) in [5, 5.41) is 0. The van der Waals surface area contributed by atoms with Crippen molar-refractivity contribution in [2.24, 2.45) is 5.92 Å². The highest BCUT2D eigenvalue weighted by Gasteiger charge is 2.44. The van der Waals surface area contributed by atoms with Crippen LogP contribution in [0.4, 0.5) is 13.2 Å². The quantitative estimate of drug-likeness (QED) is 0.444. The van der Waals surface area contributed by atoms with Crippen molar-refractivity contribution >= 4 is 15.8 Å². The first-order chi connectivity index (χ1) is 9.24. The lowest BCUT2D eigenvalue weighted by atomic mass is 10.0. The Hall–Kier alpha value is -0.790. The van der Waals surface area contributed by atoms with E-state index in [0.29, 0.717) is 0 Å². The predicted molar refractivity (Wildman–Crippen MR) is 66.6 cm³/mol. The SMILES string of the molecule is O=C(OCCCS(=O)(=O)C(F)(F)F)C1CCCCCC1. The first-order valence-electron chi connectivity index (χ1n) is 6.70. The molecular weight excluding hydrogens is 297 g/mol. The van der Waals surface area contributed by atoms with Gasteiger partial charge in [0.25, 0.3) is 0 Å². The van der Waals surface area contributed by atoms with E-state index < -0.39 is 27.1 Å². The van der Waals surface area contributed by atoms with Gasteiger partial charge < -0.3 is 4.74 Å². The summed E-state index contributed by atoms with van der Waals surface area (Å²) < 4.78 is 62.6. The molecule has 1 rings (SSSR count). The summed E-state index contributed by atoms with van der Waals surface area (Å²) in [7, 11) is -5.12. The minimum atomic E-state index is -5.24. The van der Waals surface area contributed by atoms with E-state index in [-0.39, 0.29) is 18.9 Å². The molecule has 0 N–H and O–H groups in total. The number of carbonyl (C=O) groups is 1. The van der Waals surface area contributed by atoms with E-state index in [1.165, 1.54) is 0 Å². The van der Waals surface area contributed by atoms with E-state index in [1.807, 2.05) is 0 Å². The number of hydrogen-bond donors (Lipinski definition) is 0. The third-order valence-electron chi connectivity index (χ3n) is 3.34. The van der Waals surface area contributed by atoms with Crippen molar-refractivity contribution in [3.05, 3.63) is 0 Å². The summed E-state index contributed by atoms with van der Waals surface area (Å²) in [6.45, 7) is -0.287. The standard InChI is InChI=1S/C12H19F3O4S/c13-12(14,15)20(17,18)9-5-8-19-11(16)10-6-3-1-2-4-7-10/h10H,1-9H2. The van der Waals surface area contributed by atoms with Crippen molar-refractivity contribution in [2.75, 3.05) is 12.4 Å². The van der Waals surface area contributed by atoms with Crippen molar-refractivity contribution in [3.63, 3.8) is 0 Å². The maximum absolute atomic E-state index is 12.1. The van der Waals surface area contributed by atoms with E-state index in [9.17, 15) is 26.4 Å². The molecule has 0 spiro atoms. The molecule has 4 nitrogen and oxygen atoms in total. The molecule has 1 aliphatic rings. The largest absolute Gasteiger partial charge is 0.497 e. The van der Waals surface area contributed by atoms with E-state index >= 15 is 0 Å². The third kappa shape index (κ3) is 5.30. The van der Waals surface area contributed by atoms with Gasteiger partial charge in [-0.05, 0) is 19.3 Å². The van der Waals surface area contributed by atoms with Crippen molar-refractivity contribution in [2.45, 2.75) is 50.5 Å². The van der Waals surface area contributed by atoms with Gasteiger partial charge in [0.05, 0.1) is 18.3 Å². The summed E-state index contributed by atoms with van der Waals surface area (Å²) >= 11 is 0. The van der Waals surface area contributed by atoms with Gasteiger partial charge in [0.2, 0.25) is 9.84 Å². The molecule has 0 aromatic rings.